The number of amides is 1. The summed E-state index contributed by atoms with van der Waals surface area (Å²) in [4.78, 5) is 35.4. The molecule has 188 valence electrons. The molecule has 2 N–H and O–H groups in total. The standard InChI is InChI=1S/C29H20N8O2/c1-35-18-19(16-33-35)11-12-20-7-5-8-21-15-23(37(29(39)24(20)21)22-9-3-2-4-10-22)17-32-28(38)25-26(30)34-36-14-6-13-31-27(25)36/h2-10,13-18H,1H3,(H2,30,34). The van der Waals surface area contributed by atoms with Gasteiger partial charge in [-0.25, -0.2) is 14.5 Å². The van der Waals surface area contributed by atoms with E-state index >= 15 is 0 Å². The van der Waals surface area contributed by atoms with Crippen molar-refractivity contribution in [2.75, 3.05) is 5.73 Å². The van der Waals surface area contributed by atoms with Crippen LogP contribution in [0.3, 0.4) is 0 Å². The van der Waals surface area contributed by atoms with Gasteiger partial charge in [0, 0.05) is 36.9 Å². The van der Waals surface area contributed by atoms with Crippen LogP contribution >= 0.6 is 0 Å². The van der Waals surface area contributed by atoms with Gasteiger partial charge in [0.2, 0.25) is 0 Å². The Labute approximate surface area is 221 Å². The molecule has 39 heavy (non-hydrogen) atoms. The van der Waals surface area contributed by atoms with E-state index in [1.165, 1.54) is 15.3 Å². The number of para-hydroxylation sites is 1. The largest absolute Gasteiger partial charge is 0.381 e. The Balaban J connectivity index is 1.51. The van der Waals surface area contributed by atoms with Crippen molar-refractivity contribution in [3.8, 4) is 17.5 Å². The third-order valence-corrected chi connectivity index (χ3v) is 6.09. The van der Waals surface area contributed by atoms with Gasteiger partial charge in [-0.05, 0) is 35.7 Å². The number of carbonyl (C=O) groups is 1. The number of rotatable bonds is 3. The molecule has 4 aromatic heterocycles. The summed E-state index contributed by atoms with van der Waals surface area (Å²) in [5.74, 6) is 5.59. The van der Waals surface area contributed by atoms with E-state index in [0.717, 1.165) is 5.56 Å². The zero-order valence-electron chi connectivity index (χ0n) is 20.7. The third-order valence-electron chi connectivity index (χ3n) is 6.09. The summed E-state index contributed by atoms with van der Waals surface area (Å²) in [6.45, 7) is 0. The molecule has 6 rings (SSSR count). The van der Waals surface area contributed by atoms with Crippen LogP contribution in [-0.4, -0.2) is 41.1 Å². The molecule has 0 fully saturated rings. The smallest absolute Gasteiger partial charge is 0.284 e. The van der Waals surface area contributed by atoms with E-state index in [2.05, 4.69) is 32.0 Å². The number of anilines is 1. The third kappa shape index (κ3) is 4.34. The number of aromatic nitrogens is 6. The first kappa shape index (κ1) is 23.6. The average molecular weight is 513 g/mol. The highest BCUT2D eigenvalue weighted by Gasteiger charge is 2.19. The summed E-state index contributed by atoms with van der Waals surface area (Å²) >= 11 is 0. The molecular formula is C29H20N8O2. The Bertz CT molecular complexity index is 2040. The molecular weight excluding hydrogens is 492 g/mol. The number of pyridine rings is 1. The van der Waals surface area contributed by atoms with Crippen LogP contribution in [0.5, 0.6) is 0 Å². The normalized spacial score (nSPS) is 11.2. The molecule has 0 radical (unpaired) electrons. The molecule has 0 aliphatic rings. The molecule has 0 atom stereocenters. The van der Waals surface area contributed by atoms with Gasteiger partial charge in [0.15, 0.2) is 11.5 Å². The van der Waals surface area contributed by atoms with Gasteiger partial charge in [-0.1, -0.05) is 42.2 Å². The lowest BCUT2D eigenvalue weighted by molar-refractivity contribution is 0.101. The topological polar surface area (TPSA) is 125 Å². The quantitative estimate of drug-likeness (QED) is 0.287. The van der Waals surface area contributed by atoms with Gasteiger partial charge in [-0.2, -0.15) is 5.10 Å². The minimum absolute atomic E-state index is 0.0200. The maximum absolute atomic E-state index is 14.0. The van der Waals surface area contributed by atoms with Crippen LogP contribution in [0.15, 0.2) is 95.2 Å². The van der Waals surface area contributed by atoms with Crippen molar-refractivity contribution in [1.82, 2.24) is 28.9 Å². The minimum Gasteiger partial charge on any atom is -0.381 e. The summed E-state index contributed by atoms with van der Waals surface area (Å²) in [5.41, 5.74) is 8.43. The van der Waals surface area contributed by atoms with E-state index in [1.807, 2.05) is 49.5 Å². The highest BCUT2D eigenvalue weighted by atomic mass is 16.1. The Morgan fingerprint density at radius 2 is 1.92 bits per heavy atom. The zero-order valence-corrected chi connectivity index (χ0v) is 20.7. The van der Waals surface area contributed by atoms with Crippen LogP contribution in [-0.2, 0) is 7.05 Å². The molecule has 0 unspecified atom stereocenters. The fourth-order valence-corrected chi connectivity index (χ4v) is 4.35. The maximum Gasteiger partial charge on any atom is 0.284 e. The van der Waals surface area contributed by atoms with Crippen molar-refractivity contribution >= 4 is 34.4 Å². The van der Waals surface area contributed by atoms with Gasteiger partial charge in [0.05, 0.1) is 29.1 Å². The first-order valence-corrected chi connectivity index (χ1v) is 11.9. The summed E-state index contributed by atoms with van der Waals surface area (Å²) in [7, 11) is 1.82. The lowest BCUT2D eigenvalue weighted by Crippen LogP contribution is -2.23. The summed E-state index contributed by atoms with van der Waals surface area (Å²) in [6, 6.07) is 18.1. The van der Waals surface area contributed by atoms with Gasteiger partial charge in [0.1, 0.15) is 5.56 Å². The second kappa shape index (κ2) is 9.57. The summed E-state index contributed by atoms with van der Waals surface area (Å²) in [5, 5.41) is 9.38. The SMILES string of the molecule is Cn1cc(C#Cc2cccc3cc(C=NC(=O)c4c(N)nn5cccnc45)n(-c4ccccc4)c(=O)c23)cn1. The van der Waals surface area contributed by atoms with Crippen LogP contribution in [0.2, 0.25) is 0 Å². The summed E-state index contributed by atoms with van der Waals surface area (Å²) in [6.07, 6.45) is 8.01. The molecule has 0 aliphatic heterocycles. The second-order valence-corrected chi connectivity index (χ2v) is 8.68. The predicted octanol–water partition coefficient (Wildman–Crippen LogP) is 3.01. The Morgan fingerprint density at radius 1 is 1.08 bits per heavy atom. The van der Waals surface area contributed by atoms with Crippen molar-refractivity contribution in [3.63, 3.8) is 0 Å². The second-order valence-electron chi connectivity index (χ2n) is 8.68. The van der Waals surface area contributed by atoms with Gasteiger partial charge in [-0.15, -0.1) is 5.10 Å². The Kier molecular flexibility index (Phi) is 5.78. The number of nitrogens with two attached hydrogens (primary N) is 1. The highest BCUT2D eigenvalue weighted by Crippen LogP contribution is 2.20. The Hall–Kier alpha value is -5.82. The number of benzene rings is 2. The highest BCUT2D eigenvalue weighted by molar-refractivity contribution is 6.09. The van der Waals surface area contributed by atoms with Crippen LogP contribution < -0.4 is 11.3 Å². The monoisotopic (exact) mass is 512 g/mol. The van der Waals surface area contributed by atoms with Crippen LogP contribution in [0.25, 0.3) is 22.1 Å². The van der Waals surface area contributed by atoms with Crippen molar-refractivity contribution in [1.29, 1.82) is 0 Å². The first-order chi connectivity index (χ1) is 19.0. The van der Waals surface area contributed by atoms with Crippen molar-refractivity contribution in [2.24, 2.45) is 12.0 Å². The first-order valence-electron chi connectivity index (χ1n) is 11.9. The van der Waals surface area contributed by atoms with Gasteiger partial charge >= 0.3 is 0 Å². The van der Waals surface area contributed by atoms with Crippen molar-refractivity contribution in [3.05, 3.63) is 118 Å². The predicted molar refractivity (Wildman–Crippen MR) is 148 cm³/mol. The van der Waals surface area contributed by atoms with E-state index in [-0.39, 0.29) is 16.9 Å². The van der Waals surface area contributed by atoms with Crippen molar-refractivity contribution < 1.29 is 4.79 Å². The van der Waals surface area contributed by atoms with Gasteiger partial charge in [-0.3, -0.25) is 18.8 Å². The zero-order chi connectivity index (χ0) is 26.9. The van der Waals surface area contributed by atoms with Crippen molar-refractivity contribution in [2.45, 2.75) is 0 Å². The number of hydrogen-bond acceptors (Lipinski definition) is 6. The molecule has 1 amide bonds. The Morgan fingerprint density at radius 3 is 2.72 bits per heavy atom. The van der Waals surface area contributed by atoms with Crippen LogP contribution in [0, 0.1) is 11.8 Å². The van der Waals surface area contributed by atoms with E-state index in [9.17, 15) is 9.59 Å². The van der Waals surface area contributed by atoms with Gasteiger partial charge < -0.3 is 5.73 Å². The van der Waals surface area contributed by atoms with Gasteiger partial charge in [0.25, 0.3) is 11.5 Å². The number of aliphatic imine (C=N–C) groups is 1. The number of hydrogen-bond donors (Lipinski definition) is 1. The fourth-order valence-electron chi connectivity index (χ4n) is 4.35. The average Bonchev–Trinajstić information content (AvgIpc) is 3.52. The lowest BCUT2D eigenvalue weighted by atomic mass is 10.0. The number of aryl methyl sites for hydroxylation is 1. The van der Waals surface area contributed by atoms with E-state index in [0.29, 0.717) is 33.4 Å². The molecule has 0 saturated heterocycles. The molecule has 10 heteroatoms. The van der Waals surface area contributed by atoms with E-state index in [1.54, 1.807) is 47.7 Å². The lowest BCUT2D eigenvalue weighted by Gasteiger charge is -2.12. The minimum atomic E-state index is -0.621. The molecule has 0 bridgehead atoms. The molecule has 0 aliphatic carbocycles. The van der Waals surface area contributed by atoms with Crippen LogP contribution in [0.1, 0.15) is 27.2 Å². The molecule has 2 aromatic carbocycles. The number of carbonyl (C=O) groups excluding carboxylic acids is 1. The van der Waals surface area contributed by atoms with E-state index < -0.39 is 5.91 Å². The fraction of sp³-hybridized carbons (Fsp3) is 0.0345. The molecule has 0 spiro atoms. The molecule has 0 saturated carbocycles. The number of nitrogen functional groups attached to an aromatic ring is 1. The summed E-state index contributed by atoms with van der Waals surface area (Å²) < 4.78 is 4.59. The molecule has 6 aromatic rings. The number of fused-ring (bicyclic) bond motifs is 2. The molecule has 10 nitrogen and oxygen atoms in total. The molecule has 4 heterocycles. The number of nitrogens with zero attached hydrogens (tertiary/aromatic N) is 7. The van der Waals surface area contributed by atoms with E-state index in [4.69, 9.17) is 5.73 Å². The van der Waals surface area contributed by atoms with Crippen LogP contribution in [0.4, 0.5) is 5.82 Å². The maximum atomic E-state index is 14.0.